The highest BCUT2D eigenvalue weighted by Crippen LogP contribution is 2.35. The minimum Gasteiger partial charge on any atom is -0.496 e. The number of aromatic amines is 2. The number of Topliss-reactive ketones (excluding diaryl/α,β-unsaturated/α-hetero) is 2. The predicted molar refractivity (Wildman–Crippen MR) is 225 cm³/mol. The van der Waals surface area contributed by atoms with Crippen molar-refractivity contribution in [3.63, 3.8) is 0 Å². The van der Waals surface area contributed by atoms with E-state index < -0.39 is 23.4 Å². The third-order valence-corrected chi connectivity index (χ3v) is 10.9. The highest BCUT2D eigenvalue weighted by molar-refractivity contribution is 6.45. The molecule has 2 N–H and O–H groups in total. The van der Waals surface area contributed by atoms with Gasteiger partial charge in [-0.15, -0.1) is 0 Å². The van der Waals surface area contributed by atoms with Crippen LogP contribution in [0.4, 0.5) is 0 Å². The molecule has 6 aromatic rings. The Hall–Kier alpha value is -7.49. The lowest BCUT2D eigenvalue weighted by atomic mass is 10.1. The van der Waals surface area contributed by atoms with Gasteiger partial charge in [-0.1, -0.05) is 36.4 Å². The zero-order valence-corrected chi connectivity index (χ0v) is 34.2. The molecule has 2 fully saturated rings. The monoisotopic (exact) mass is 827 g/mol. The average molecular weight is 828 g/mol. The van der Waals surface area contributed by atoms with E-state index in [1.165, 1.54) is 43.5 Å². The van der Waals surface area contributed by atoms with Gasteiger partial charge in [0.15, 0.2) is 0 Å². The molecule has 5 heterocycles. The number of carbonyl (C=O) groups excluding carboxylic acids is 6. The lowest BCUT2D eigenvalue weighted by Crippen LogP contribution is -2.56. The molecule has 61 heavy (non-hydrogen) atoms. The van der Waals surface area contributed by atoms with E-state index in [1.54, 1.807) is 58.5 Å². The molecule has 2 saturated heterocycles. The smallest absolute Gasteiger partial charge is 0.295 e. The fourth-order valence-electron chi connectivity index (χ4n) is 7.67. The number of ether oxygens (including phenoxy) is 3. The van der Waals surface area contributed by atoms with Crippen molar-refractivity contribution >= 4 is 57.1 Å². The van der Waals surface area contributed by atoms with E-state index in [0.29, 0.717) is 96.1 Å². The number of H-pyrrole nitrogens is 2. The van der Waals surface area contributed by atoms with Crippen LogP contribution < -0.4 is 14.2 Å². The van der Waals surface area contributed by atoms with E-state index in [0.717, 1.165) is 0 Å². The number of methoxy groups -OCH3 is 3. The number of hydrogen-bond acceptors (Lipinski definition) is 10. The molecule has 4 amide bonds. The first kappa shape index (κ1) is 41.7. The minimum absolute atomic E-state index is 0.0756. The number of amides is 4. The Morgan fingerprint density at radius 3 is 1.69 bits per heavy atom. The van der Waals surface area contributed by atoms with Crippen LogP contribution in [0.5, 0.6) is 17.2 Å². The van der Waals surface area contributed by atoms with Gasteiger partial charge in [-0.2, -0.15) is 0 Å². The maximum Gasteiger partial charge on any atom is 0.295 e. The molecule has 0 saturated carbocycles. The lowest BCUT2D eigenvalue weighted by Gasteiger charge is -2.39. The van der Waals surface area contributed by atoms with E-state index in [9.17, 15) is 28.8 Å². The van der Waals surface area contributed by atoms with Crippen LogP contribution in [-0.2, 0) is 9.59 Å². The second-order valence-electron chi connectivity index (χ2n) is 14.4. The number of benzene rings is 3. The van der Waals surface area contributed by atoms with Crippen molar-refractivity contribution in [2.45, 2.75) is 13.0 Å². The Morgan fingerprint density at radius 2 is 1.08 bits per heavy atom. The second-order valence-corrected chi connectivity index (χ2v) is 14.4. The summed E-state index contributed by atoms with van der Waals surface area (Å²) in [4.78, 5) is 93.8. The average Bonchev–Trinajstić information content (AvgIpc) is 3.97. The van der Waals surface area contributed by atoms with E-state index in [2.05, 4.69) is 15.0 Å². The van der Waals surface area contributed by atoms with Gasteiger partial charge >= 0.3 is 0 Å². The number of rotatable bonds is 9. The van der Waals surface area contributed by atoms with E-state index in [1.807, 2.05) is 43.3 Å². The number of piperazine rings is 2. The summed E-state index contributed by atoms with van der Waals surface area (Å²) in [6, 6.07) is 22.8. The minimum atomic E-state index is -0.624. The van der Waals surface area contributed by atoms with Crippen molar-refractivity contribution in [2.24, 2.45) is 0 Å². The third-order valence-electron chi connectivity index (χ3n) is 10.9. The molecule has 0 radical (unpaired) electrons. The SMILES string of the molecule is COc1ccc(OC)c2c(C(=O)C(=O)N3CCN(C(=O)c4ccccc4)CC3)c[nH]c12.COc1ccnc2[nH]cc(C(=O)C(=O)N3CCN(C(=O)c4ccccc4)C[C@H]3C)c12. The Labute approximate surface area is 351 Å². The zero-order valence-electron chi connectivity index (χ0n) is 34.2. The fraction of sp³-hybridized carbons (Fsp3) is 0.267. The molecule has 0 unspecified atom stereocenters. The molecule has 2 aliphatic rings. The molecule has 0 aliphatic carbocycles. The van der Waals surface area contributed by atoms with Crippen molar-refractivity contribution < 1.29 is 43.0 Å². The number of aromatic nitrogens is 3. The first-order chi connectivity index (χ1) is 29.6. The van der Waals surface area contributed by atoms with Crippen LogP contribution in [0.1, 0.15) is 48.4 Å². The third kappa shape index (κ3) is 8.37. The van der Waals surface area contributed by atoms with Gasteiger partial charge in [-0.25, -0.2) is 4.98 Å². The second kappa shape index (κ2) is 18.2. The normalized spacial score (nSPS) is 15.2. The van der Waals surface area contributed by atoms with Crippen LogP contribution in [0.3, 0.4) is 0 Å². The zero-order chi connectivity index (χ0) is 43.2. The molecule has 16 nitrogen and oxygen atoms in total. The molecule has 3 aromatic heterocycles. The Morgan fingerprint density at radius 1 is 0.574 bits per heavy atom. The van der Waals surface area contributed by atoms with E-state index in [-0.39, 0.29) is 29.0 Å². The van der Waals surface area contributed by atoms with Gasteiger partial charge < -0.3 is 43.8 Å². The van der Waals surface area contributed by atoms with Crippen molar-refractivity contribution in [1.29, 1.82) is 0 Å². The standard InChI is InChI=1S/C23H23N3O5.C22H22N4O4/c1-30-17-8-9-18(31-2)20-19(17)16(14-24-20)21(27)23(29)26-12-10-25(11-13-26)22(28)15-6-4-3-5-7-15;1-14-13-25(21(28)15-6-4-3-5-7-15)10-11-26(14)22(29)19(27)16-12-24-20-18(16)17(30-2)8-9-23-20/h3-9,14,24H,10-13H2,1-2H3;3-9,12,14H,10-11,13H2,1-2H3,(H,23,24)/t;14-/m.1/s1. The van der Waals surface area contributed by atoms with Crippen LogP contribution in [0.2, 0.25) is 0 Å². The maximum absolute atomic E-state index is 13.0. The van der Waals surface area contributed by atoms with Crippen LogP contribution >= 0.6 is 0 Å². The Balaban J connectivity index is 0.000000184. The van der Waals surface area contributed by atoms with Gasteiger partial charge in [0.1, 0.15) is 22.9 Å². The number of carbonyl (C=O) groups is 6. The number of hydrogen-bond donors (Lipinski definition) is 2. The van der Waals surface area contributed by atoms with Crippen molar-refractivity contribution in [3.8, 4) is 17.2 Å². The molecule has 8 rings (SSSR count). The summed E-state index contributed by atoms with van der Waals surface area (Å²) in [5.41, 5.74) is 2.76. The molecule has 2 aliphatic heterocycles. The highest BCUT2D eigenvalue weighted by atomic mass is 16.5. The molecule has 0 bridgehead atoms. The van der Waals surface area contributed by atoms with Gasteiger partial charge in [0.05, 0.1) is 48.7 Å². The van der Waals surface area contributed by atoms with Crippen molar-refractivity contribution in [3.05, 3.63) is 120 Å². The van der Waals surface area contributed by atoms with E-state index >= 15 is 0 Å². The summed E-state index contributed by atoms with van der Waals surface area (Å²) in [6.07, 6.45) is 4.56. The van der Waals surface area contributed by atoms with Crippen LogP contribution in [-0.4, -0.2) is 143 Å². The molecule has 0 spiro atoms. The summed E-state index contributed by atoms with van der Waals surface area (Å²) in [5, 5.41) is 1.00. The summed E-state index contributed by atoms with van der Waals surface area (Å²) in [6.45, 7) is 4.21. The van der Waals surface area contributed by atoms with Gasteiger partial charge in [0.2, 0.25) is 0 Å². The lowest BCUT2D eigenvalue weighted by molar-refractivity contribution is -0.130. The van der Waals surface area contributed by atoms with Crippen LogP contribution in [0.25, 0.3) is 21.9 Å². The van der Waals surface area contributed by atoms with Gasteiger partial charge in [-0.05, 0) is 49.4 Å². The molecular weight excluding hydrogens is 783 g/mol. The molecule has 3 aromatic carbocycles. The molecule has 314 valence electrons. The number of pyridine rings is 1. The van der Waals surface area contributed by atoms with Gasteiger partial charge in [0.25, 0.3) is 35.2 Å². The number of ketones is 2. The summed E-state index contributed by atoms with van der Waals surface area (Å²) < 4.78 is 16.0. The number of fused-ring (bicyclic) bond motifs is 2. The van der Waals surface area contributed by atoms with Crippen LogP contribution in [0, 0.1) is 0 Å². The Kier molecular flexibility index (Phi) is 12.4. The summed E-state index contributed by atoms with van der Waals surface area (Å²) >= 11 is 0. The first-order valence-corrected chi connectivity index (χ1v) is 19.7. The fourth-order valence-corrected chi connectivity index (χ4v) is 7.67. The van der Waals surface area contributed by atoms with Crippen molar-refractivity contribution in [1.82, 2.24) is 34.6 Å². The topological polar surface area (TPSA) is 188 Å². The molecular formula is C45H45N7O9. The maximum atomic E-state index is 13.0. The van der Waals surface area contributed by atoms with Crippen LogP contribution in [0.15, 0.2) is 97.5 Å². The summed E-state index contributed by atoms with van der Waals surface area (Å²) in [7, 11) is 4.54. The highest BCUT2D eigenvalue weighted by Gasteiger charge is 2.35. The Bertz CT molecular complexity index is 2600. The van der Waals surface area contributed by atoms with Gasteiger partial charge in [0, 0.05) is 81.6 Å². The molecule has 1 atom stereocenters. The largest absolute Gasteiger partial charge is 0.496 e. The summed E-state index contributed by atoms with van der Waals surface area (Å²) in [5.74, 6) is -1.09. The van der Waals surface area contributed by atoms with E-state index in [4.69, 9.17) is 14.2 Å². The quantitative estimate of drug-likeness (QED) is 0.156. The van der Waals surface area contributed by atoms with Crippen molar-refractivity contribution in [2.75, 3.05) is 67.1 Å². The number of nitrogens with zero attached hydrogens (tertiary/aromatic N) is 5. The molecule has 16 heteroatoms. The predicted octanol–water partition coefficient (Wildman–Crippen LogP) is 4.48. The first-order valence-electron chi connectivity index (χ1n) is 19.7. The van der Waals surface area contributed by atoms with Gasteiger partial charge in [-0.3, -0.25) is 28.8 Å². The number of nitrogens with one attached hydrogen (secondary N) is 2.